The van der Waals surface area contributed by atoms with Gasteiger partial charge in [-0.2, -0.15) is 55.3 Å². The molecular formula is C33H17F9N4. The van der Waals surface area contributed by atoms with Gasteiger partial charge >= 0.3 is 18.5 Å². The summed E-state index contributed by atoms with van der Waals surface area (Å²) in [7, 11) is 0. The summed E-state index contributed by atoms with van der Waals surface area (Å²) in [6.45, 7) is -1.30. The van der Waals surface area contributed by atoms with Crippen LogP contribution in [0.2, 0.25) is 0 Å². The van der Waals surface area contributed by atoms with E-state index in [-0.39, 0.29) is 23.1 Å². The van der Waals surface area contributed by atoms with Crippen LogP contribution in [0.1, 0.15) is 22.3 Å². The van der Waals surface area contributed by atoms with Crippen LogP contribution < -0.4 is 0 Å². The molecule has 0 radical (unpaired) electrons. The van der Waals surface area contributed by atoms with Crippen LogP contribution in [0, 0.1) is 34.0 Å². The zero-order valence-electron chi connectivity index (χ0n) is 23.1. The average molecular weight is 641 g/mol. The second-order valence-corrected chi connectivity index (χ2v) is 9.74. The SMILES string of the molecule is N#CC(C#N)=C1C(C#N)=C(/C=C/c2ccc(-c3ccccc3)cc2)C=C(C(F)(F)F)N1Cc1cc(C(F)(F)F)cc(C(F)(F)F)c1. The molecule has 232 valence electrons. The molecule has 0 saturated heterocycles. The van der Waals surface area contributed by atoms with E-state index >= 15 is 0 Å². The standard InChI is InChI=1S/C33H17F9N4/c34-31(35,36)26-12-21(13-27(15-26)32(37,38)39)19-46-29(33(40,41)42)14-24(28(18-45)30(46)25(16-43)17-44)11-8-20-6-9-23(10-7-20)22-4-2-1-3-5-22/h1-15H,19H2/b11-8+. The van der Waals surface area contributed by atoms with E-state index in [1.807, 2.05) is 30.3 Å². The van der Waals surface area contributed by atoms with E-state index in [2.05, 4.69) is 0 Å². The van der Waals surface area contributed by atoms with Gasteiger partial charge in [0.05, 0.1) is 22.4 Å². The second-order valence-electron chi connectivity index (χ2n) is 9.74. The molecule has 0 amide bonds. The van der Waals surface area contributed by atoms with Gasteiger partial charge in [0.25, 0.3) is 0 Å². The lowest BCUT2D eigenvalue weighted by Crippen LogP contribution is -2.35. The van der Waals surface area contributed by atoms with E-state index in [1.165, 1.54) is 18.2 Å². The van der Waals surface area contributed by atoms with Crippen molar-refractivity contribution in [3.63, 3.8) is 0 Å². The third kappa shape index (κ3) is 7.31. The van der Waals surface area contributed by atoms with Crippen LogP contribution >= 0.6 is 0 Å². The first-order chi connectivity index (χ1) is 21.6. The van der Waals surface area contributed by atoms with E-state index in [0.29, 0.717) is 11.6 Å². The monoisotopic (exact) mass is 640 g/mol. The molecule has 0 atom stereocenters. The first-order valence-electron chi connectivity index (χ1n) is 12.9. The zero-order chi connectivity index (χ0) is 33.9. The lowest BCUT2D eigenvalue weighted by molar-refractivity contribution is -0.143. The topological polar surface area (TPSA) is 74.6 Å². The molecule has 4 rings (SSSR count). The molecule has 0 spiro atoms. The smallest absolute Gasteiger partial charge is 0.330 e. The predicted molar refractivity (Wildman–Crippen MR) is 148 cm³/mol. The summed E-state index contributed by atoms with van der Waals surface area (Å²) in [6.07, 6.45) is -12.9. The van der Waals surface area contributed by atoms with Gasteiger partial charge in [-0.1, -0.05) is 66.7 Å². The zero-order valence-corrected chi connectivity index (χ0v) is 23.1. The van der Waals surface area contributed by atoms with Crippen molar-refractivity contribution in [3.05, 3.63) is 135 Å². The van der Waals surface area contributed by atoms with Gasteiger partial charge in [-0.15, -0.1) is 0 Å². The van der Waals surface area contributed by atoms with Crippen molar-refractivity contribution in [2.45, 2.75) is 25.1 Å². The third-order valence-corrected chi connectivity index (χ3v) is 6.70. The molecule has 0 unspecified atom stereocenters. The fourth-order valence-electron chi connectivity index (χ4n) is 4.62. The van der Waals surface area contributed by atoms with Crippen LogP contribution in [0.25, 0.3) is 17.2 Å². The summed E-state index contributed by atoms with van der Waals surface area (Å²) in [5.41, 5.74) is -6.83. The molecule has 3 aromatic rings. The maximum atomic E-state index is 14.5. The van der Waals surface area contributed by atoms with Gasteiger partial charge in [0, 0.05) is 6.54 Å². The number of nitrogens with zero attached hydrogens (tertiary/aromatic N) is 4. The summed E-state index contributed by atoms with van der Waals surface area (Å²) < 4.78 is 124. The van der Waals surface area contributed by atoms with Gasteiger partial charge in [0.2, 0.25) is 0 Å². The normalized spacial score (nSPS) is 14.1. The number of hydrogen-bond acceptors (Lipinski definition) is 4. The Hall–Kier alpha value is -5.74. The van der Waals surface area contributed by atoms with Crippen LogP contribution in [0.5, 0.6) is 0 Å². The Morgan fingerprint density at radius 2 is 1.22 bits per heavy atom. The number of hydrogen-bond donors (Lipinski definition) is 0. The van der Waals surface area contributed by atoms with Crippen molar-refractivity contribution in [3.8, 4) is 29.3 Å². The van der Waals surface area contributed by atoms with Gasteiger partial charge in [0.1, 0.15) is 23.9 Å². The summed E-state index contributed by atoms with van der Waals surface area (Å²) in [5, 5.41) is 29.1. The first-order valence-corrected chi connectivity index (χ1v) is 12.9. The molecule has 46 heavy (non-hydrogen) atoms. The number of halogens is 9. The Morgan fingerprint density at radius 1 is 0.674 bits per heavy atom. The Bertz CT molecular complexity index is 1840. The van der Waals surface area contributed by atoms with Crippen LogP contribution in [0.4, 0.5) is 39.5 Å². The van der Waals surface area contributed by atoms with Gasteiger partial charge in [-0.05, 0) is 52.1 Å². The quantitative estimate of drug-likeness (QED) is 0.206. The van der Waals surface area contributed by atoms with Gasteiger partial charge < -0.3 is 4.90 Å². The molecule has 0 fully saturated rings. The van der Waals surface area contributed by atoms with E-state index in [0.717, 1.165) is 17.2 Å². The van der Waals surface area contributed by atoms with Crippen LogP contribution in [-0.2, 0) is 18.9 Å². The highest BCUT2D eigenvalue weighted by Crippen LogP contribution is 2.42. The molecule has 1 aliphatic rings. The molecule has 13 heteroatoms. The molecule has 1 heterocycles. The average Bonchev–Trinajstić information content (AvgIpc) is 3.00. The molecule has 3 aromatic carbocycles. The van der Waals surface area contributed by atoms with E-state index in [4.69, 9.17) is 0 Å². The van der Waals surface area contributed by atoms with Crippen molar-refractivity contribution >= 4 is 6.08 Å². The molecule has 0 aromatic heterocycles. The van der Waals surface area contributed by atoms with E-state index in [1.54, 1.807) is 30.3 Å². The highest BCUT2D eigenvalue weighted by Gasteiger charge is 2.44. The highest BCUT2D eigenvalue weighted by molar-refractivity contribution is 5.69. The molecule has 1 aliphatic heterocycles. The van der Waals surface area contributed by atoms with Crippen LogP contribution in [-0.4, -0.2) is 11.1 Å². The van der Waals surface area contributed by atoms with Gasteiger partial charge in [0.15, 0.2) is 5.57 Å². The number of alkyl halides is 9. The highest BCUT2D eigenvalue weighted by atomic mass is 19.4. The fraction of sp³-hybridized carbons (Fsp3) is 0.121. The van der Waals surface area contributed by atoms with Crippen molar-refractivity contribution in [2.24, 2.45) is 0 Å². The van der Waals surface area contributed by atoms with Crippen LogP contribution in [0.3, 0.4) is 0 Å². The minimum atomic E-state index is -5.30. The fourth-order valence-corrected chi connectivity index (χ4v) is 4.62. The lowest BCUT2D eigenvalue weighted by Gasteiger charge is -2.34. The van der Waals surface area contributed by atoms with E-state index in [9.17, 15) is 55.3 Å². The Labute approximate surface area is 256 Å². The molecule has 0 saturated carbocycles. The Balaban J connectivity index is 1.86. The Morgan fingerprint density at radius 3 is 1.70 bits per heavy atom. The van der Waals surface area contributed by atoms with Gasteiger partial charge in [-0.3, -0.25) is 0 Å². The summed E-state index contributed by atoms with van der Waals surface area (Å²) in [6, 6.07) is 20.7. The maximum Gasteiger partial charge on any atom is 0.431 e. The predicted octanol–water partition coefficient (Wildman–Crippen LogP) is 9.49. The molecule has 4 nitrogen and oxygen atoms in total. The summed E-state index contributed by atoms with van der Waals surface area (Å²) >= 11 is 0. The summed E-state index contributed by atoms with van der Waals surface area (Å²) in [4.78, 5) is 0.155. The molecule has 0 bridgehead atoms. The van der Waals surface area contributed by atoms with Crippen molar-refractivity contribution in [2.75, 3.05) is 0 Å². The van der Waals surface area contributed by atoms with Crippen molar-refractivity contribution < 1.29 is 39.5 Å². The van der Waals surface area contributed by atoms with Crippen molar-refractivity contribution in [1.82, 2.24) is 4.90 Å². The maximum absolute atomic E-state index is 14.5. The Kier molecular flexibility index (Phi) is 9.16. The van der Waals surface area contributed by atoms with Crippen molar-refractivity contribution in [1.29, 1.82) is 15.8 Å². The second kappa shape index (κ2) is 12.7. The molecule has 0 N–H and O–H groups in total. The summed E-state index contributed by atoms with van der Waals surface area (Å²) in [5.74, 6) is 0. The first kappa shape index (κ1) is 33.2. The molecular weight excluding hydrogens is 623 g/mol. The van der Waals surface area contributed by atoms with E-state index < -0.39 is 69.9 Å². The number of allylic oxidation sites excluding steroid dienone is 6. The number of nitriles is 3. The minimum absolute atomic E-state index is 0.155. The minimum Gasteiger partial charge on any atom is -0.330 e. The lowest BCUT2D eigenvalue weighted by atomic mass is 9.93. The van der Waals surface area contributed by atoms with Gasteiger partial charge in [-0.25, -0.2) is 0 Å². The third-order valence-electron chi connectivity index (χ3n) is 6.70. The van der Waals surface area contributed by atoms with Crippen LogP contribution in [0.15, 0.2) is 113 Å². The largest absolute Gasteiger partial charge is 0.431 e. The number of rotatable bonds is 5. The number of benzene rings is 3. The molecule has 0 aliphatic carbocycles.